The van der Waals surface area contributed by atoms with Crippen LogP contribution >= 0.6 is 0 Å². The topological polar surface area (TPSA) is 78.6 Å². The fourth-order valence-electron chi connectivity index (χ4n) is 2.44. The minimum absolute atomic E-state index is 0.244. The first kappa shape index (κ1) is 15.7. The molecule has 122 valence electrons. The molecule has 0 saturated carbocycles. The van der Waals surface area contributed by atoms with E-state index < -0.39 is 17.9 Å². The number of fused-ring (bicyclic) bond motifs is 1. The summed E-state index contributed by atoms with van der Waals surface area (Å²) in [7, 11) is 2.62. The van der Waals surface area contributed by atoms with Crippen LogP contribution in [0.25, 0.3) is 11.1 Å². The lowest BCUT2D eigenvalue weighted by molar-refractivity contribution is -0.141. The van der Waals surface area contributed by atoms with Gasteiger partial charge < -0.3 is 13.9 Å². The fraction of sp³-hybridized carbons (Fsp3) is 0.167. The summed E-state index contributed by atoms with van der Waals surface area (Å²) >= 11 is 0. The van der Waals surface area contributed by atoms with E-state index in [-0.39, 0.29) is 5.89 Å². The summed E-state index contributed by atoms with van der Waals surface area (Å²) < 4.78 is 15.3. The molecule has 24 heavy (non-hydrogen) atoms. The maximum Gasteiger partial charge on any atom is 0.337 e. The molecule has 1 unspecified atom stereocenters. The number of ether oxygens (including phenoxy) is 2. The highest BCUT2D eigenvalue weighted by atomic mass is 16.5. The van der Waals surface area contributed by atoms with E-state index in [9.17, 15) is 9.59 Å². The average molecular weight is 325 g/mol. The molecule has 3 rings (SSSR count). The summed E-state index contributed by atoms with van der Waals surface area (Å²) in [6, 6.07) is 13.7. The van der Waals surface area contributed by atoms with Crippen LogP contribution in [0.3, 0.4) is 0 Å². The van der Waals surface area contributed by atoms with Crippen LogP contribution in [0.2, 0.25) is 0 Å². The summed E-state index contributed by atoms with van der Waals surface area (Å²) in [5.41, 5.74) is 2.25. The molecule has 6 nitrogen and oxygen atoms in total. The van der Waals surface area contributed by atoms with Crippen LogP contribution in [0.4, 0.5) is 0 Å². The van der Waals surface area contributed by atoms with Crippen LogP contribution in [0, 0.1) is 0 Å². The Bertz CT molecular complexity index is 849. The van der Waals surface area contributed by atoms with E-state index >= 15 is 0 Å². The molecule has 0 radical (unpaired) electrons. The number of hydrogen-bond acceptors (Lipinski definition) is 6. The predicted molar refractivity (Wildman–Crippen MR) is 85.6 cm³/mol. The first-order valence-electron chi connectivity index (χ1n) is 7.25. The highest BCUT2D eigenvalue weighted by Crippen LogP contribution is 2.28. The Morgan fingerprint density at radius 3 is 2.33 bits per heavy atom. The molecule has 0 aliphatic heterocycles. The Balaban J connectivity index is 2.03. The second kappa shape index (κ2) is 6.54. The maximum atomic E-state index is 12.3. The van der Waals surface area contributed by atoms with Gasteiger partial charge in [-0.25, -0.2) is 9.78 Å². The standard InChI is InChI=1S/C18H15NO5/c1-22-17(20)12-9-7-11(8-10-12)15(18(21)23-2)16-19-13-5-3-4-6-14(13)24-16/h3-10,15H,1-2H3. The van der Waals surface area contributed by atoms with Gasteiger partial charge >= 0.3 is 11.9 Å². The number of methoxy groups -OCH3 is 2. The van der Waals surface area contributed by atoms with Crippen molar-refractivity contribution in [1.82, 2.24) is 4.98 Å². The van der Waals surface area contributed by atoms with Crippen molar-refractivity contribution >= 4 is 23.0 Å². The van der Waals surface area contributed by atoms with E-state index in [1.807, 2.05) is 12.1 Å². The SMILES string of the molecule is COC(=O)c1ccc(C(C(=O)OC)c2nc3ccccc3o2)cc1. The van der Waals surface area contributed by atoms with Crippen LogP contribution in [0.15, 0.2) is 52.9 Å². The Morgan fingerprint density at radius 2 is 1.71 bits per heavy atom. The molecule has 0 aliphatic rings. The molecule has 0 amide bonds. The Hall–Kier alpha value is -3.15. The Morgan fingerprint density at radius 1 is 1.00 bits per heavy atom. The van der Waals surface area contributed by atoms with Crippen LogP contribution in [-0.2, 0) is 14.3 Å². The van der Waals surface area contributed by atoms with Crippen molar-refractivity contribution in [2.24, 2.45) is 0 Å². The van der Waals surface area contributed by atoms with Crippen molar-refractivity contribution in [2.45, 2.75) is 5.92 Å². The molecule has 0 bridgehead atoms. The summed E-state index contributed by atoms with van der Waals surface area (Å²) in [6.45, 7) is 0. The van der Waals surface area contributed by atoms with Crippen LogP contribution in [-0.4, -0.2) is 31.1 Å². The van der Waals surface area contributed by atoms with Gasteiger partial charge in [-0.15, -0.1) is 0 Å². The number of carbonyl (C=O) groups is 2. The first-order chi connectivity index (χ1) is 11.6. The molecule has 3 aromatic rings. The molecule has 1 heterocycles. The van der Waals surface area contributed by atoms with Crippen molar-refractivity contribution in [2.75, 3.05) is 14.2 Å². The maximum absolute atomic E-state index is 12.3. The first-order valence-corrected chi connectivity index (χ1v) is 7.25. The van der Waals surface area contributed by atoms with E-state index in [1.54, 1.807) is 36.4 Å². The lowest BCUT2D eigenvalue weighted by atomic mass is 9.98. The molecular formula is C18H15NO5. The molecule has 0 saturated heterocycles. The second-order valence-corrected chi connectivity index (χ2v) is 5.09. The highest BCUT2D eigenvalue weighted by Gasteiger charge is 2.29. The quantitative estimate of drug-likeness (QED) is 0.686. The summed E-state index contributed by atoms with van der Waals surface area (Å²) in [5, 5.41) is 0. The molecule has 2 aromatic carbocycles. The second-order valence-electron chi connectivity index (χ2n) is 5.09. The van der Waals surface area contributed by atoms with Gasteiger partial charge in [-0.3, -0.25) is 4.79 Å². The van der Waals surface area contributed by atoms with E-state index in [2.05, 4.69) is 9.72 Å². The fourth-order valence-corrected chi connectivity index (χ4v) is 2.44. The largest absolute Gasteiger partial charge is 0.468 e. The summed E-state index contributed by atoms with van der Waals surface area (Å²) in [4.78, 5) is 28.2. The molecular weight excluding hydrogens is 310 g/mol. The zero-order chi connectivity index (χ0) is 17.1. The van der Waals surface area contributed by atoms with Crippen LogP contribution in [0.1, 0.15) is 27.7 Å². The monoisotopic (exact) mass is 325 g/mol. The third kappa shape index (κ3) is 2.86. The lowest BCUT2D eigenvalue weighted by Crippen LogP contribution is -2.16. The van der Waals surface area contributed by atoms with Gasteiger partial charge in [0, 0.05) is 0 Å². The summed E-state index contributed by atoms with van der Waals surface area (Å²) in [6.07, 6.45) is 0. The molecule has 0 N–H and O–H groups in total. The van der Waals surface area contributed by atoms with Crippen molar-refractivity contribution in [3.05, 3.63) is 65.5 Å². The van der Waals surface area contributed by atoms with Gasteiger partial charge in [0.15, 0.2) is 11.5 Å². The minimum atomic E-state index is -0.811. The normalized spacial score (nSPS) is 11.9. The zero-order valence-electron chi connectivity index (χ0n) is 13.2. The van der Waals surface area contributed by atoms with Gasteiger partial charge in [0.1, 0.15) is 5.52 Å². The van der Waals surface area contributed by atoms with E-state index in [4.69, 9.17) is 9.15 Å². The zero-order valence-corrected chi connectivity index (χ0v) is 13.2. The van der Waals surface area contributed by atoms with Gasteiger partial charge in [0.2, 0.25) is 5.89 Å². The van der Waals surface area contributed by atoms with E-state index in [0.29, 0.717) is 22.2 Å². The van der Waals surface area contributed by atoms with Crippen molar-refractivity contribution in [1.29, 1.82) is 0 Å². The Kier molecular flexibility index (Phi) is 4.29. The Labute approximate surface area is 138 Å². The highest BCUT2D eigenvalue weighted by molar-refractivity contribution is 5.89. The predicted octanol–water partition coefficient (Wildman–Crippen LogP) is 2.92. The molecule has 1 atom stereocenters. The van der Waals surface area contributed by atoms with Crippen LogP contribution in [0.5, 0.6) is 0 Å². The van der Waals surface area contributed by atoms with Crippen molar-refractivity contribution in [3.8, 4) is 0 Å². The molecule has 0 fully saturated rings. The number of aromatic nitrogens is 1. The summed E-state index contributed by atoms with van der Waals surface area (Å²) in [5.74, 6) is -1.51. The van der Waals surface area contributed by atoms with Gasteiger partial charge in [-0.05, 0) is 29.8 Å². The molecule has 0 aliphatic carbocycles. The molecule has 1 aromatic heterocycles. The smallest absolute Gasteiger partial charge is 0.337 e. The van der Waals surface area contributed by atoms with Gasteiger partial charge in [0.25, 0.3) is 0 Å². The van der Waals surface area contributed by atoms with Crippen LogP contribution < -0.4 is 0 Å². The number of carbonyl (C=O) groups excluding carboxylic acids is 2. The number of nitrogens with zero attached hydrogens (tertiary/aromatic N) is 1. The van der Waals surface area contributed by atoms with Crippen molar-refractivity contribution < 1.29 is 23.5 Å². The minimum Gasteiger partial charge on any atom is -0.468 e. The average Bonchev–Trinajstić information content (AvgIpc) is 3.05. The number of oxazole rings is 1. The third-order valence-corrected chi connectivity index (χ3v) is 3.66. The number of benzene rings is 2. The third-order valence-electron chi connectivity index (χ3n) is 3.66. The van der Waals surface area contributed by atoms with Gasteiger partial charge in [-0.1, -0.05) is 24.3 Å². The van der Waals surface area contributed by atoms with Gasteiger partial charge in [0.05, 0.1) is 19.8 Å². The molecule has 6 heteroatoms. The van der Waals surface area contributed by atoms with E-state index in [0.717, 1.165) is 0 Å². The van der Waals surface area contributed by atoms with Gasteiger partial charge in [-0.2, -0.15) is 0 Å². The molecule has 0 spiro atoms. The number of hydrogen-bond donors (Lipinski definition) is 0. The van der Waals surface area contributed by atoms with E-state index in [1.165, 1.54) is 14.2 Å². The van der Waals surface area contributed by atoms with Crippen molar-refractivity contribution in [3.63, 3.8) is 0 Å². The lowest BCUT2D eigenvalue weighted by Gasteiger charge is -2.12. The number of rotatable bonds is 4. The number of esters is 2. The number of para-hydroxylation sites is 2.